The molecule has 0 bridgehead atoms. The number of hydrogen-bond acceptors (Lipinski definition) is 1. The Hall–Kier alpha value is -1.02. The van der Waals surface area contributed by atoms with Crippen molar-refractivity contribution in [3.63, 3.8) is 0 Å². The van der Waals surface area contributed by atoms with Gasteiger partial charge in [0.25, 0.3) is 0 Å². The van der Waals surface area contributed by atoms with Gasteiger partial charge in [0.2, 0.25) is 0 Å². The number of nitrogens with one attached hydrogen (secondary N) is 1. The van der Waals surface area contributed by atoms with Gasteiger partial charge < -0.3 is 9.64 Å². The lowest BCUT2D eigenvalue weighted by atomic mass is 9.92. The molecule has 2 nitrogen and oxygen atoms in total. The Bertz CT molecular complexity index is 433. The number of likely N-dealkylation sites (tertiary alicyclic amines) is 1. The first-order valence-corrected chi connectivity index (χ1v) is 8.58. The molecule has 1 aliphatic rings. The predicted octanol–water partition coefficient (Wildman–Crippen LogP) is 3.02. The fourth-order valence-electron chi connectivity index (χ4n) is 3.75. The van der Waals surface area contributed by atoms with Crippen LogP contribution in [0.2, 0.25) is 0 Å². The van der Waals surface area contributed by atoms with Gasteiger partial charge in [0, 0.05) is 11.8 Å². The molecule has 0 spiro atoms. The van der Waals surface area contributed by atoms with Crippen molar-refractivity contribution >= 4 is 0 Å². The van der Waals surface area contributed by atoms with E-state index in [1.807, 2.05) is 0 Å². The van der Waals surface area contributed by atoms with E-state index in [4.69, 9.17) is 4.74 Å². The average molecular weight is 290 g/mol. The maximum atomic E-state index is 5.91. The zero-order valence-electron chi connectivity index (χ0n) is 14.2. The Kier molecular flexibility index (Phi) is 6.10. The first-order chi connectivity index (χ1) is 10.0. The Morgan fingerprint density at radius 2 is 1.81 bits per heavy atom. The number of rotatable bonds is 6. The summed E-state index contributed by atoms with van der Waals surface area (Å²) in [6.45, 7) is 13.9. The minimum Gasteiger partial charge on any atom is -0.493 e. The lowest BCUT2D eigenvalue weighted by molar-refractivity contribution is -0.912. The molecule has 0 aliphatic carbocycles. The van der Waals surface area contributed by atoms with E-state index in [1.165, 1.54) is 50.0 Å². The normalized spacial score (nSPS) is 25.8. The third kappa shape index (κ3) is 5.35. The molecule has 1 fully saturated rings. The number of hydrogen-bond donors (Lipinski definition) is 1. The molecular weight excluding hydrogens is 258 g/mol. The average Bonchev–Trinajstić information content (AvgIpc) is 2.39. The van der Waals surface area contributed by atoms with E-state index in [-0.39, 0.29) is 0 Å². The minimum atomic E-state index is 0.849. The summed E-state index contributed by atoms with van der Waals surface area (Å²) in [4.78, 5) is 1.80. The fourth-order valence-corrected chi connectivity index (χ4v) is 3.75. The smallest absolute Gasteiger partial charge is 0.122 e. The highest BCUT2D eigenvalue weighted by atomic mass is 16.5. The van der Waals surface area contributed by atoms with E-state index in [2.05, 4.69) is 45.9 Å². The molecule has 1 aliphatic heterocycles. The van der Waals surface area contributed by atoms with Crippen LogP contribution >= 0.6 is 0 Å². The number of unbranched alkanes of at least 4 members (excludes halogenated alkanes) is 1. The summed E-state index contributed by atoms with van der Waals surface area (Å²) in [5, 5.41) is 0. The molecule has 3 atom stereocenters. The molecule has 1 N–H and O–H groups in total. The van der Waals surface area contributed by atoms with Crippen LogP contribution in [0.3, 0.4) is 0 Å². The first-order valence-electron chi connectivity index (χ1n) is 8.58. The van der Waals surface area contributed by atoms with Crippen molar-refractivity contribution in [2.24, 2.45) is 11.8 Å². The number of quaternary nitrogens is 1. The largest absolute Gasteiger partial charge is 0.493 e. The number of benzene rings is 1. The Labute approximate surface area is 130 Å². The number of ether oxygens (including phenoxy) is 1. The van der Waals surface area contributed by atoms with Gasteiger partial charge >= 0.3 is 0 Å². The molecule has 0 radical (unpaired) electrons. The van der Waals surface area contributed by atoms with Crippen LogP contribution in [0.4, 0.5) is 0 Å². The van der Waals surface area contributed by atoms with Crippen molar-refractivity contribution in [1.82, 2.24) is 0 Å². The van der Waals surface area contributed by atoms with Crippen molar-refractivity contribution in [1.29, 1.82) is 0 Å². The summed E-state index contributed by atoms with van der Waals surface area (Å²) in [6, 6.07) is 6.42. The van der Waals surface area contributed by atoms with Gasteiger partial charge in [-0.3, -0.25) is 0 Å². The Morgan fingerprint density at radius 3 is 2.48 bits per heavy atom. The maximum Gasteiger partial charge on any atom is 0.122 e. The lowest BCUT2D eigenvalue weighted by Gasteiger charge is -2.32. The molecule has 0 amide bonds. The van der Waals surface area contributed by atoms with Crippen LogP contribution in [0.25, 0.3) is 0 Å². The van der Waals surface area contributed by atoms with Crippen LogP contribution in [0.5, 0.6) is 5.75 Å². The predicted molar refractivity (Wildman–Crippen MR) is 89.2 cm³/mol. The van der Waals surface area contributed by atoms with Crippen LogP contribution in [0, 0.1) is 25.7 Å². The van der Waals surface area contributed by atoms with Gasteiger partial charge in [-0.1, -0.05) is 31.5 Å². The second-order valence-corrected chi connectivity index (χ2v) is 7.18. The van der Waals surface area contributed by atoms with Gasteiger partial charge in [0.05, 0.1) is 26.2 Å². The third-order valence-corrected chi connectivity index (χ3v) is 4.59. The van der Waals surface area contributed by atoms with Gasteiger partial charge in [-0.25, -0.2) is 0 Å². The first kappa shape index (κ1) is 16.4. The molecule has 1 aromatic carbocycles. The topological polar surface area (TPSA) is 13.7 Å². The molecule has 2 rings (SSSR count). The molecule has 1 heterocycles. The number of aryl methyl sites for hydroxylation is 2. The summed E-state index contributed by atoms with van der Waals surface area (Å²) >= 11 is 0. The van der Waals surface area contributed by atoms with E-state index in [9.17, 15) is 0 Å². The van der Waals surface area contributed by atoms with Crippen molar-refractivity contribution < 1.29 is 9.64 Å². The molecule has 0 aromatic heterocycles. The van der Waals surface area contributed by atoms with Crippen molar-refractivity contribution in [3.8, 4) is 5.75 Å². The van der Waals surface area contributed by atoms with Gasteiger partial charge in [-0.15, -0.1) is 0 Å². The standard InChI is InChI=1S/C19H31NO/c1-15-7-8-19(18(4)12-15)21-10-6-5-9-20-13-16(2)11-17(3)14-20/h7-8,12,16-17H,5-6,9-11,13-14H2,1-4H3/p+1/t16-,17+. The van der Waals surface area contributed by atoms with E-state index < -0.39 is 0 Å². The lowest BCUT2D eigenvalue weighted by Crippen LogP contribution is -3.14. The Balaban J connectivity index is 1.63. The highest BCUT2D eigenvalue weighted by Gasteiger charge is 2.24. The summed E-state index contributed by atoms with van der Waals surface area (Å²) in [5.74, 6) is 2.85. The van der Waals surface area contributed by atoms with Crippen LogP contribution in [0.1, 0.15) is 44.2 Å². The zero-order valence-corrected chi connectivity index (χ0v) is 14.2. The highest BCUT2D eigenvalue weighted by Crippen LogP contribution is 2.18. The quantitative estimate of drug-likeness (QED) is 0.795. The minimum absolute atomic E-state index is 0.849. The second-order valence-electron chi connectivity index (χ2n) is 7.18. The molecule has 1 saturated heterocycles. The van der Waals surface area contributed by atoms with Crippen molar-refractivity contribution in [2.75, 3.05) is 26.2 Å². The van der Waals surface area contributed by atoms with Crippen LogP contribution in [-0.2, 0) is 0 Å². The zero-order chi connectivity index (χ0) is 15.2. The van der Waals surface area contributed by atoms with Crippen molar-refractivity contribution in [3.05, 3.63) is 29.3 Å². The van der Waals surface area contributed by atoms with Crippen LogP contribution in [0.15, 0.2) is 18.2 Å². The highest BCUT2D eigenvalue weighted by molar-refractivity contribution is 5.35. The van der Waals surface area contributed by atoms with Crippen molar-refractivity contribution in [2.45, 2.75) is 47.0 Å². The van der Waals surface area contributed by atoms with Crippen LogP contribution < -0.4 is 9.64 Å². The molecular formula is C19H32NO+. The molecule has 21 heavy (non-hydrogen) atoms. The molecule has 1 unspecified atom stereocenters. The Morgan fingerprint density at radius 1 is 1.10 bits per heavy atom. The van der Waals surface area contributed by atoms with Gasteiger partial charge in [0.1, 0.15) is 5.75 Å². The second kappa shape index (κ2) is 7.84. The monoisotopic (exact) mass is 290 g/mol. The molecule has 0 saturated carbocycles. The molecule has 118 valence electrons. The summed E-state index contributed by atoms with van der Waals surface area (Å²) in [5.41, 5.74) is 2.55. The SMILES string of the molecule is Cc1ccc(OCCCC[NH+]2C[C@H](C)C[C@H](C)C2)c(C)c1. The summed E-state index contributed by atoms with van der Waals surface area (Å²) in [7, 11) is 0. The summed E-state index contributed by atoms with van der Waals surface area (Å²) < 4.78 is 5.91. The van der Waals surface area contributed by atoms with E-state index >= 15 is 0 Å². The molecule has 2 heteroatoms. The van der Waals surface area contributed by atoms with E-state index in [0.29, 0.717) is 0 Å². The third-order valence-electron chi connectivity index (χ3n) is 4.59. The van der Waals surface area contributed by atoms with Crippen LogP contribution in [-0.4, -0.2) is 26.2 Å². The van der Waals surface area contributed by atoms with Gasteiger partial charge in [0.15, 0.2) is 0 Å². The fraction of sp³-hybridized carbons (Fsp3) is 0.684. The van der Waals surface area contributed by atoms with Gasteiger partial charge in [-0.05, 0) is 44.7 Å². The molecule has 1 aromatic rings. The maximum absolute atomic E-state index is 5.91. The van der Waals surface area contributed by atoms with E-state index in [0.717, 1.165) is 24.2 Å². The van der Waals surface area contributed by atoms with E-state index in [1.54, 1.807) is 4.90 Å². The summed E-state index contributed by atoms with van der Waals surface area (Å²) in [6.07, 6.45) is 3.86. The number of piperidine rings is 1. The van der Waals surface area contributed by atoms with Gasteiger partial charge in [-0.2, -0.15) is 0 Å².